The zero-order chi connectivity index (χ0) is 21.2. The zero-order valence-electron chi connectivity index (χ0n) is 18.1. The van der Waals surface area contributed by atoms with E-state index in [-0.39, 0.29) is 0 Å². The topological polar surface area (TPSA) is 29.4 Å². The van der Waals surface area contributed by atoms with Crippen LogP contribution in [-0.4, -0.2) is 12.5 Å². The second kappa shape index (κ2) is 11.1. The van der Waals surface area contributed by atoms with E-state index >= 15 is 0 Å². The van der Waals surface area contributed by atoms with Gasteiger partial charge in [0.15, 0.2) is 0 Å². The van der Waals surface area contributed by atoms with E-state index in [1.165, 1.54) is 33.4 Å². The minimum Gasteiger partial charge on any atom is -0.298 e. The van der Waals surface area contributed by atoms with E-state index < -0.39 is 0 Å². The minimum absolute atomic E-state index is 0.476. The van der Waals surface area contributed by atoms with E-state index in [2.05, 4.69) is 62.2 Å². The Bertz CT molecular complexity index is 958. The molecule has 3 aromatic carbocycles. The van der Waals surface area contributed by atoms with Gasteiger partial charge >= 0.3 is 0 Å². The maximum atomic E-state index is 10.0. The number of aliphatic imine (C=N–C) groups is 1. The highest BCUT2D eigenvalue weighted by Gasteiger charge is 2.38. The van der Waals surface area contributed by atoms with E-state index in [0.29, 0.717) is 6.04 Å². The van der Waals surface area contributed by atoms with Crippen LogP contribution in [0.2, 0.25) is 0 Å². The zero-order valence-corrected chi connectivity index (χ0v) is 18.1. The molecule has 2 aliphatic rings. The first-order valence-corrected chi connectivity index (χ1v) is 10.4. The lowest BCUT2D eigenvalue weighted by Gasteiger charge is -1.95. The summed E-state index contributed by atoms with van der Waals surface area (Å²) >= 11 is 0. The fourth-order valence-corrected chi connectivity index (χ4v) is 3.17. The highest BCUT2D eigenvalue weighted by atomic mass is 16.1. The molecule has 5 rings (SSSR count). The van der Waals surface area contributed by atoms with Crippen molar-refractivity contribution in [2.45, 2.75) is 47.1 Å². The third-order valence-corrected chi connectivity index (χ3v) is 4.80. The van der Waals surface area contributed by atoms with Gasteiger partial charge in [0.05, 0.1) is 0 Å². The standard InChI is InChI=1S/C9H7N.C9H12.C7H6O.C2H6/c1-5-2-3-6-8-7(5)4-10-9(6)8;1-3-9-6-4-5-8(2)7-9;8-6-7-4-2-1-3-5-7;1-2/h2-4,9H,1H3;4-7H,3H2,1-2H3;1-6H;1-2H3. The fraction of sp³-hybridized carbons (Fsp3) is 0.259. The van der Waals surface area contributed by atoms with Crippen molar-refractivity contribution in [3.05, 3.63) is 106 Å². The van der Waals surface area contributed by atoms with Crippen molar-refractivity contribution in [1.82, 2.24) is 0 Å². The van der Waals surface area contributed by atoms with Gasteiger partial charge in [0.1, 0.15) is 12.3 Å². The molecule has 0 amide bonds. The molecule has 29 heavy (non-hydrogen) atoms. The lowest BCUT2D eigenvalue weighted by atomic mass is 10.1. The highest BCUT2D eigenvalue weighted by molar-refractivity contribution is 5.93. The number of aldehydes is 1. The molecule has 0 saturated heterocycles. The van der Waals surface area contributed by atoms with E-state index in [1.54, 1.807) is 12.1 Å². The third kappa shape index (κ3) is 5.99. The van der Waals surface area contributed by atoms with Gasteiger partial charge < -0.3 is 0 Å². The average Bonchev–Trinajstić information content (AvgIpc) is 3.29. The quantitative estimate of drug-likeness (QED) is 0.441. The summed E-state index contributed by atoms with van der Waals surface area (Å²) in [7, 11) is 0. The van der Waals surface area contributed by atoms with Gasteiger partial charge in [-0.15, -0.1) is 0 Å². The number of rotatable bonds is 2. The maximum Gasteiger partial charge on any atom is 0.150 e. The first kappa shape index (κ1) is 22.3. The number of aryl methyl sites for hydroxylation is 3. The van der Waals surface area contributed by atoms with Crippen LogP contribution in [0.3, 0.4) is 0 Å². The molecule has 0 aromatic heterocycles. The molecule has 150 valence electrons. The third-order valence-electron chi connectivity index (χ3n) is 4.80. The lowest BCUT2D eigenvalue weighted by Crippen LogP contribution is -1.82. The van der Waals surface area contributed by atoms with Crippen LogP contribution in [0, 0.1) is 13.8 Å². The number of benzene rings is 3. The fourth-order valence-electron chi connectivity index (χ4n) is 3.17. The summed E-state index contributed by atoms with van der Waals surface area (Å²) in [6.07, 6.45) is 3.98. The van der Waals surface area contributed by atoms with Crippen molar-refractivity contribution in [1.29, 1.82) is 0 Å². The molecular weight excluding hydrogens is 354 g/mol. The SMILES string of the molecule is CC.CCc1cccc(C)c1.Cc1ccc2c3c1C=NC23.O=Cc1ccccc1. The monoisotopic (exact) mass is 385 g/mol. The Morgan fingerprint density at radius 2 is 1.66 bits per heavy atom. The molecule has 1 unspecified atom stereocenters. The Morgan fingerprint density at radius 1 is 0.931 bits per heavy atom. The van der Waals surface area contributed by atoms with Crippen LogP contribution >= 0.6 is 0 Å². The van der Waals surface area contributed by atoms with Gasteiger partial charge in [-0.25, -0.2) is 0 Å². The Labute approximate surface area is 175 Å². The Kier molecular flexibility index (Phi) is 8.54. The summed E-state index contributed by atoms with van der Waals surface area (Å²) < 4.78 is 0. The molecule has 0 bridgehead atoms. The smallest absolute Gasteiger partial charge is 0.150 e. The van der Waals surface area contributed by atoms with Crippen LogP contribution in [-0.2, 0) is 6.42 Å². The van der Waals surface area contributed by atoms with Crippen molar-refractivity contribution >= 4 is 12.5 Å². The summed E-state index contributed by atoms with van der Waals surface area (Å²) in [5.41, 5.74) is 9.19. The van der Waals surface area contributed by atoms with Crippen LogP contribution in [0.1, 0.15) is 70.6 Å². The number of hydrogen-bond acceptors (Lipinski definition) is 2. The second-order valence-corrected chi connectivity index (χ2v) is 6.85. The van der Waals surface area contributed by atoms with Gasteiger partial charge in [-0.05, 0) is 42.5 Å². The molecule has 2 heteroatoms. The van der Waals surface area contributed by atoms with Gasteiger partial charge in [-0.2, -0.15) is 0 Å². The molecular formula is C27H31NO. The molecule has 0 radical (unpaired) electrons. The van der Waals surface area contributed by atoms with Crippen LogP contribution in [0.5, 0.6) is 0 Å². The number of carbonyl (C=O) groups is 1. The second-order valence-electron chi connectivity index (χ2n) is 6.85. The normalized spacial score (nSPS) is 13.5. The molecule has 1 aliphatic heterocycles. The molecule has 0 fully saturated rings. The van der Waals surface area contributed by atoms with Gasteiger partial charge in [0.25, 0.3) is 0 Å². The number of nitrogens with zero attached hydrogens (tertiary/aromatic N) is 1. The molecule has 0 saturated carbocycles. The van der Waals surface area contributed by atoms with Gasteiger partial charge in [-0.1, -0.05) is 93.1 Å². The van der Waals surface area contributed by atoms with Crippen LogP contribution in [0.4, 0.5) is 0 Å². The Balaban J connectivity index is 0.000000150. The maximum absolute atomic E-state index is 10.0. The van der Waals surface area contributed by atoms with Crippen molar-refractivity contribution < 1.29 is 4.79 Å². The molecule has 1 aliphatic carbocycles. The summed E-state index contributed by atoms with van der Waals surface area (Å²) in [6, 6.07) is 22.6. The first-order chi connectivity index (χ1) is 14.1. The predicted molar refractivity (Wildman–Crippen MR) is 124 cm³/mol. The molecule has 1 atom stereocenters. The summed E-state index contributed by atoms with van der Waals surface area (Å²) in [5.74, 6) is 0. The first-order valence-electron chi connectivity index (χ1n) is 10.4. The van der Waals surface area contributed by atoms with Gasteiger partial charge in [-0.3, -0.25) is 9.79 Å². The molecule has 0 spiro atoms. The Hall–Kier alpha value is -3.00. The predicted octanol–water partition coefficient (Wildman–Crippen LogP) is 6.91. The van der Waals surface area contributed by atoms with Gasteiger partial charge in [0.2, 0.25) is 0 Å². The van der Waals surface area contributed by atoms with Gasteiger partial charge in [0, 0.05) is 17.3 Å². The van der Waals surface area contributed by atoms with Crippen molar-refractivity contribution in [3.63, 3.8) is 0 Å². The largest absolute Gasteiger partial charge is 0.298 e. The molecule has 1 heterocycles. The van der Waals surface area contributed by atoms with E-state index in [1.807, 2.05) is 38.3 Å². The summed E-state index contributed by atoms with van der Waals surface area (Å²) in [6.45, 7) is 10.4. The van der Waals surface area contributed by atoms with E-state index in [4.69, 9.17) is 0 Å². The molecule has 3 aromatic rings. The number of carbonyl (C=O) groups excluding carboxylic acids is 1. The van der Waals surface area contributed by atoms with Crippen molar-refractivity contribution in [2.24, 2.45) is 4.99 Å². The number of hydrogen-bond donors (Lipinski definition) is 0. The van der Waals surface area contributed by atoms with Crippen LogP contribution in [0.15, 0.2) is 71.7 Å². The average molecular weight is 386 g/mol. The summed E-state index contributed by atoms with van der Waals surface area (Å²) in [4.78, 5) is 14.3. The van der Waals surface area contributed by atoms with Crippen molar-refractivity contribution in [3.8, 4) is 0 Å². The van der Waals surface area contributed by atoms with E-state index in [9.17, 15) is 4.79 Å². The minimum atomic E-state index is 0.476. The number of fused-ring (bicyclic) bond motifs is 1. The van der Waals surface area contributed by atoms with Crippen LogP contribution in [0.25, 0.3) is 0 Å². The highest BCUT2D eigenvalue weighted by Crippen LogP contribution is 2.50. The Morgan fingerprint density at radius 3 is 2.17 bits per heavy atom. The summed E-state index contributed by atoms with van der Waals surface area (Å²) in [5, 5.41) is 0. The lowest BCUT2D eigenvalue weighted by molar-refractivity contribution is 0.112. The molecule has 0 N–H and O–H groups in total. The van der Waals surface area contributed by atoms with Crippen molar-refractivity contribution in [2.75, 3.05) is 0 Å². The molecule has 2 nitrogen and oxygen atoms in total. The van der Waals surface area contributed by atoms with Crippen LogP contribution < -0.4 is 0 Å². The van der Waals surface area contributed by atoms with E-state index in [0.717, 1.165) is 18.3 Å².